The van der Waals surface area contributed by atoms with Crippen LogP contribution in [0.3, 0.4) is 0 Å². The number of amides is 1. The van der Waals surface area contributed by atoms with Gasteiger partial charge in [0.05, 0.1) is 11.7 Å². The number of pyridine rings is 1. The van der Waals surface area contributed by atoms with E-state index < -0.39 is 0 Å². The van der Waals surface area contributed by atoms with E-state index in [4.69, 9.17) is 10.7 Å². The largest absolute Gasteiger partial charge is 0.366 e. The number of carbonyl (C=O) groups is 1. The van der Waals surface area contributed by atoms with Crippen LogP contribution in [0.15, 0.2) is 42.6 Å². The summed E-state index contributed by atoms with van der Waals surface area (Å²) >= 11 is 0. The van der Waals surface area contributed by atoms with Crippen LogP contribution in [0, 0.1) is 0 Å². The Morgan fingerprint density at radius 1 is 1.22 bits per heavy atom. The first-order valence-electron chi connectivity index (χ1n) is 10.0. The average Bonchev–Trinajstić information content (AvgIpc) is 2.72. The van der Waals surface area contributed by atoms with Crippen molar-refractivity contribution in [1.82, 2.24) is 15.2 Å². The SMILES string of the molecule is NC(=O)c1cccc(CN(C2CCCNC2)C2CCCc3cccnc32)c1. The number of benzene rings is 1. The Balaban J connectivity index is 1.66. The Morgan fingerprint density at radius 2 is 2.15 bits per heavy atom. The number of nitrogens with zero attached hydrogens (tertiary/aromatic N) is 2. The maximum atomic E-state index is 11.6. The van der Waals surface area contributed by atoms with Gasteiger partial charge in [-0.1, -0.05) is 18.2 Å². The molecule has 0 saturated carbocycles. The number of fused-ring (bicyclic) bond motifs is 1. The summed E-state index contributed by atoms with van der Waals surface area (Å²) in [4.78, 5) is 19.0. The number of aromatic nitrogens is 1. The van der Waals surface area contributed by atoms with Crippen LogP contribution in [0.4, 0.5) is 0 Å². The van der Waals surface area contributed by atoms with E-state index in [2.05, 4.69) is 22.3 Å². The standard InChI is InChI=1S/C22H28N4O/c23-22(27)18-7-1-5-16(13-18)15-26(19-9-4-11-24-14-19)20-10-2-6-17-8-3-12-25-21(17)20/h1,3,5,7-8,12-13,19-20,24H,2,4,6,9-11,14-15H2,(H2,23,27). The van der Waals surface area contributed by atoms with Crippen LogP contribution in [0.5, 0.6) is 0 Å². The minimum absolute atomic E-state index is 0.331. The predicted octanol–water partition coefficient (Wildman–Crippen LogP) is 2.81. The van der Waals surface area contributed by atoms with Crippen molar-refractivity contribution in [1.29, 1.82) is 0 Å². The fourth-order valence-corrected chi connectivity index (χ4v) is 4.55. The van der Waals surface area contributed by atoms with Crippen molar-refractivity contribution in [3.05, 3.63) is 65.0 Å². The van der Waals surface area contributed by atoms with Gasteiger partial charge in [0.2, 0.25) is 5.91 Å². The van der Waals surface area contributed by atoms with E-state index in [1.165, 1.54) is 30.5 Å². The molecule has 2 aromatic rings. The second-order valence-electron chi connectivity index (χ2n) is 7.69. The summed E-state index contributed by atoms with van der Waals surface area (Å²) in [5.74, 6) is -0.368. The molecule has 0 bridgehead atoms. The molecule has 1 aliphatic heterocycles. The highest BCUT2D eigenvalue weighted by molar-refractivity contribution is 5.92. The molecule has 4 rings (SSSR count). The average molecular weight is 364 g/mol. The number of nitrogens with two attached hydrogens (primary N) is 1. The van der Waals surface area contributed by atoms with Crippen molar-refractivity contribution in [2.45, 2.75) is 50.7 Å². The molecule has 0 radical (unpaired) electrons. The Kier molecular flexibility index (Phi) is 5.50. The monoisotopic (exact) mass is 364 g/mol. The molecule has 2 heterocycles. The molecule has 1 saturated heterocycles. The van der Waals surface area contributed by atoms with Gasteiger partial charge >= 0.3 is 0 Å². The van der Waals surface area contributed by atoms with Gasteiger partial charge in [0.25, 0.3) is 0 Å². The smallest absolute Gasteiger partial charge is 0.248 e. The number of hydrogen-bond acceptors (Lipinski definition) is 4. The lowest BCUT2D eigenvalue weighted by Crippen LogP contribution is -2.48. The Morgan fingerprint density at radius 3 is 2.96 bits per heavy atom. The first kappa shape index (κ1) is 18.1. The fraction of sp³-hybridized carbons (Fsp3) is 0.455. The zero-order valence-electron chi connectivity index (χ0n) is 15.7. The second-order valence-corrected chi connectivity index (χ2v) is 7.69. The summed E-state index contributed by atoms with van der Waals surface area (Å²) in [5.41, 5.74) is 9.83. The topological polar surface area (TPSA) is 71.2 Å². The Hall–Kier alpha value is -2.24. The van der Waals surface area contributed by atoms with Crippen LogP contribution < -0.4 is 11.1 Å². The third-order valence-electron chi connectivity index (χ3n) is 5.88. The van der Waals surface area contributed by atoms with Crippen LogP contribution in [0.2, 0.25) is 0 Å². The van der Waals surface area contributed by atoms with E-state index >= 15 is 0 Å². The van der Waals surface area contributed by atoms with Crippen molar-refractivity contribution in [2.24, 2.45) is 5.73 Å². The molecule has 2 unspecified atom stereocenters. The molecular formula is C22H28N4O. The number of rotatable bonds is 5. The van der Waals surface area contributed by atoms with Crippen molar-refractivity contribution in [3.8, 4) is 0 Å². The van der Waals surface area contributed by atoms with Gasteiger partial charge in [-0.15, -0.1) is 0 Å². The van der Waals surface area contributed by atoms with Crippen LogP contribution in [-0.2, 0) is 13.0 Å². The van der Waals surface area contributed by atoms with Crippen molar-refractivity contribution in [2.75, 3.05) is 13.1 Å². The molecule has 0 spiro atoms. The molecular weight excluding hydrogens is 336 g/mol. The molecule has 5 heteroatoms. The van der Waals surface area contributed by atoms with Gasteiger partial charge in [0, 0.05) is 30.9 Å². The number of aryl methyl sites for hydroxylation is 1. The molecule has 1 amide bonds. The molecule has 1 aliphatic carbocycles. The zero-order chi connectivity index (χ0) is 18.6. The van der Waals surface area contributed by atoms with Crippen molar-refractivity contribution >= 4 is 5.91 Å². The minimum atomic E-state index is -0.368. The molecule has 1 fully saturated rings. The molecule has 2 aliphatic rings. The number of nitrogens with one attached hydrogen (secondary N) is 1. The molecule has 27 heavy (non-hydrogen) atoms. The molecule has 1 aromatic heterocycles. The van der Waals surface area contributed by atoms with Crippen LogP contribution in [-0.4, -0.2) is 34.9 Å². The maximum Gasteiger partial charge on any atom is 0.248 e. The quantitative estimate of drug-likeness (QED) is 0.856. The van der Waals surface area contributed by atoms with Gasteiger partial charge < -0.3 is 11.1 Å². The number of hydrogen-bond donors (Lipinski definition) is 2. The van der Waals surface area contributed by atoms with Gasteiger partial charge in [-0.05, 0) is 68.0 Å². The summed E-state index contributed by atoms with van der Waals surface area (Å²) in [6.07, 6.45) is 7.76. The zero-order valence-corrected chi connectivity index (χ0v) is 15.7. The first-order valence-corrected chi connectivity index (χ1v) is 10.0. The van der Waals surface area contributed by atoms with Crippen LogP contribution in [0.1, 0.15) is 58.9 Å². The highest BCUT2D eigenvalue weighted by atomic mass is 16.1. The van der Waals surface area contributed by atoms with E-state index in [0.717, 1.165) is 38.0 Å². The number of carbonyl (C=O) groups excluding carboxylic acids is 1. The molecule has 5 nitrogen and oxygen atoms in total. The Labute approximate surface area is 161 Å². The number of piperidine rings is 1. The van der Waals surface area contributed by atoms with Crippen LogP contribution >= 0.6 is 0 Å². The van der Waals surface area contributed by atoms with E-state index in [0.29, 0.717) is 17.6 Å². The minimum Gasteiger partial charge on any atom is -0.366 e. The van der Waals surface area contributed by atoms with Gasteiger partial charge in [-0.2, -0.15) is 0 Å². The molecule has 142 valence electrons. The summed E-state index contributed by atoms with van der Waals surface area (Å²) in [5, 5.41) is 3.56. The highest BCUT2D eigenvalue weighted by Crippen LogP contribution is 2.36. The lowest BCUT2D eigenvalue weighted by Gasteiger charge is -2.42. The predicted molar refractivity (Wildman–Crippen MR) is 106 cm³/mol. The summed E-state index contributed by atoms with van der Waals surface area (Å²) < 4.78 is 0. The molecule has 2 atom stereocenters. The molecule has 1 aromatic carbocycles. The van der Waals surface area contributed by atoms with E-state index in [9.17, 15) is 4.79 Å². The summed E-state index contributed by atoms with van der Waals surface area (Å²) in [6.45, 7) is 2.92. The third kappa shape index (κ3) is 4.04. The Bertz CT molecular complexity index is 800. The third-order valence-corrected chi connectivity index (χ3v) is 5.88. The summed E-state index contributed by atoms with van der Waals surface area (Å²) in [7, 11) is 0. The number of primary amides is 1. The van der Waals surface area contributed by atoms with E-state index in [1.54, 1.807) is 6.07 Å². The van der Waals surface area contributed by atoms with Gasteiger partial charge in [-0.25, -0.2) is 0 Å². The molecule has 3 N–H and O–H groups in total. The second kappa shape index (κ2) is 8.19. The lowest BCUT2D eigenvalue weighted by molar-refractivity contribution is 0.0892. The first-order chi connectivity index (χ1) is 13.2. The fourth-order valence-electron chi connectivity index (χ4n) is 4.55. The lowest BCUT2D eigenvalue weighted by atomic mass is 9.88. The van der Waals surface area contributed by atoms with Crippen molar-refractivity contribution < 1.29 is 4.79 Å². The normalized spacial score (nSPS) is 22.4. The highest BCUT2D eigenvalue weighted by Gasteiger charge is 2.32. The summed E-state index contributed by atoms with van der Waals surface area (Å²) in [6, 6.07) is 12.8. The maximum absolute atomic E-state index is 11.6. The van der Waals surface area contributed by atoms with Gasteiger partial charge in [0.1, 0.15) is 0 Å². The van der Waals surface area contributed by atoms with Crippen molar-refractivity contribution in [3.63, 3.8) is 0 Å². The van der Waals surface area contributed by atoms with Gasteiger partial charge in [-0.3, -0.25) is 14.7 Å². The van der Waals surface area contributed by atoms with E-state index in [1.807, 2.05) is 24.4 Å². The van der Waals surface area contributed by atoms with Gasteiger partial charge in [0.15, 0.2) is 0 Å². The van der Waals surface area contributed by atoms with Crippen LogP contribution in [0.25, 0.3) is 0 Å². The van der Waals surface area contributed by atoms with E-state index in [-0.39, 0.29) is 5.91 Å².